The monoisotopic (exact) mass is 344 g/mol. The van der Waals surface area contributed by atoms with Crippen LogP contribution in [0.3, 0.4) is 0 Å². The largest absolute Gasteiger partial charge is 0.447 e. The van der Waals surface area contributed by atoms with Crippen LogP contribution in [-0.4, -0.2) is 23.3 Å². The Hall–Kier alpha value is -3.24. The second-order valence-corrected chi connectivity index (χ2v) is 4.94. The zero-order valence-corrected chi connectivity index (χ0v) is 12.8. The molecule has 0 aliphatic heterocycles. The maximum absolute atomic E-state index is 12.6. The van der Waals surface area contributed by atoms with E-state index in [0.29, 0.717) is 0 Å². The van der Waals surface area contributed by atoms with E-state index in [9.17, 15) is 19.7 Å². The van der Waals surface area contributed by atoms with Gasteiger partial charge in [-0.25, -0.2) is 4.79 Å². The minimum atomic E-state index is -0.830. The number of nitrogens with zero attached hydrogens (tertiary/aromatic N) is 2. The van der Waals surface area contributed by atoms with Crippen molar-refractivity contribution in [2.75, 3.05) is 6.61 Å². The number of nitriles is 1. The summed E-state index contributed by atoms with van der Waals surface area (Å²) in [5, 5.41) is 19.3. The predicted octanol–water partition coefficient (Wildman–Crippen LogP) is 3.16. The molecular formula is C16H9ClN2O5. The van der Waals surface area contributed by atoms with E-state index in [-0.39, 0.29) is 21.7 Å². The average Bonchev–Trinajstić information content (AvgIpc) is 2.59. The predicted molar refractivity (Wildman–Crippen MR) is 83.9 cm³/mol. The van der Waals surface area contributed by atoms with Crippen LogP contribution in [0.4, 0.5) is 5.69 Å². The van der Waals surface area contributed by atoms with Crippen LogP contribution in [0.1, 0.15) is 26.3 Å². The molecule has 0 aliphatic rings. The molecule has 0 aromatic heterocycles. The molecular weight excluding hydrogens is 336 g/mol. The summed E-state index contributed by atoms with van der Waals surface area (Å²) < 4.78 is 4.70. The van der Waals surface area contributed by atoms with Crippen LogP contribution in [0.25, 0.3) is 0 Å². The van der Waals surface area contributed by atoms with Gasteiger partial charge in [0.25, 0.3) is 5.69 Å². The molecule has 0 fully saturated rings. The number of ether oxygens (including phenoxy) is 1. The Kier molecular flexibility index (Phi) is 5.24. The molecule has 120 valence electrons. The van der Waals surface area contributed by atoms with Crippen LogP contribution in [-0.2, 0) is 4.74 Å². The Balaban J connectivity index is 2.44. The highest BCUT2D eigenvalue weighted by Gasteiger charge is 2.22. The number of esters is 1. The molecule has 0 unspecified atom stereocenters. The molecule has 0 aliphatic carbocycles. The van der Waals surface area contributed by atoms with E-state index in [4.69, 9.17) is 21.6 Å². The number of hydrogen-bond acceptors (Lipinski definition) is 6. The average molecular weight is 345 g/mol. The molecule has 0 spiro atoms. The summed E-state index contributed by atoms with van der Waals surface area (Å²) in [5.74, 6) is -1.43. The van der Waals surface area contributed by atoms with Gasteiger partial charge in [0.05, 0.1) is 10.5 Å². The first-order valence-electron chi connectivity index (χ1n) is 6.57. The smallest absolute Gasteiger partial charge is 0.339 e. The Morgan fingerprint density at radius 3 is 2.50 bits per heavy atom. The lowest BCUT2D eigenvalue weighted by Gasteiger charge is -2.08. The second-order valence-electron chi connectivity index (χ2n) is 4.53. The maximum Gasteiger partial charge on any atom is 0.339 e. The number of benzene rings is 2. The van der Waals surface area contributed by atoms with Crippen LogP contribution in [0.15, 0.2) is 42.5 Å². The normalized spacial score (nSPS) is 9.83. The van der Waals surface area contributed by atoms with Crippen LogP contribution in [0, 0.1) is 21.4 Å². The molecule has 0 heterocycles. The van der Waals surface area contributed by atoms with E-state index < -0.39 is 29.0 Å². The number of ketones is 1. The first kappa shape index (κ1) is 17.1. The fourth-order valence-electron chi connectivity index (χ4n) is 1.98. The molecule has 2 aromatic carbocycles. The lowest BCUT2D eigenvalue weighted by atomic mass is 9.98. The summed E-state index contributed by atoms with van der Waals surface area (Å²) in [6.45, 7) is -0.451. The van der Waals surface area contributed by atoms with Crippen LogP contribution in [0.2, 0.25) is 5.02 Å². The standard InChI is InChI=1S/C16H9ClN2O5/c17-13-6-5-10(9-14(13)19(22)23)15(20)11-3-1-2-4-12(11)16(21)24-8-7-18/h1-6,9H,8H2. The zero-order chi connectivity index (χ0) is 17.7. The first-order valence-corrected chi connectivity index (χ1v) is 6.95. The number of nitro benzene ring substituents is 1. The van der Waals surface area contributed by atoms with Gasteiger partial charge in [-0.2, -0.15) is 5.26 Å². The maximum atomic E-state index is 12.6. The molecule has 0 saturated heterocycles. The minimum absolute atomic E-state index is 0.00614. The third kappa shape index (κ3) is 3.56. The molecule has 0 N–H and O–H groups in total. The van der Waals surface area contributed by atoms with Crippen molar-refractivity contribution in [1.29, 1.82) is 5.26 Å². The molecule has 0 amide bonds. The first-order chi connectivity index (χ1) is 11.5. The molecule has 7 nitrogen and oxygen atoms in total. The van der Waals surface area contributed by atoms with E-state index >= 15 is 0 Å². The number of carbonyl (C=O) groups excluding carboxylic acids is 2. The Morgan fingerprint density at radius 1 is 1.21 bits per heavy atom. The Morgan fingerprint density at radius 2 is 1.88 bits per heavy atom. The minimum Gasteiger partial charge on any atom is -0.447 e. The van der Waals surface area contributed by atoms with Crippen molar-refractivity contribution in [3.63, 3.8) is 0 Å². The third-order valence-corrected chi connectivity index (χ3v) is 3.38. The highest BCUT2D eigenvalue weighted by molar-refractivity contribution is 6.32. The Bertz CT molecular complexity index is 873. The van der Waals surface area contributed by atoms with E-state index in [1.165, 1.54) is 30.3 Å². The van der Waals surface area contributed by atoms with Crippen molar-refractivity contribution in [3.05, 3.63) is 74.3 Å². The van der Waals surface area contributed by atoms with Gasteiger partial charge in [-0.05, 0) is 18.2 Å². The molecule has 2 aromatic rings. The van der Waals surface area contributed by atoms with Crippen molar-refractivity contribution >= 4 is 29.0 Å². The summed E-state index contributed by atoms with van der Waals surface area (Å²) >= 11 is 5.72. The summed E-state index contributed by atoms with van der Waals surface area (Å²) in [6, 6.07) is 11.1. The van der Waals surface area contributed by atoms with Gasteiger partial charge in [0.15, 0.2) is 12.4 Å². The zero-order valence-electron chi connectivity index (χ0n) is 12.1. The van der Waals surface area contributed by atoms with Crippen molar-refractivity contribution in [3.8, 4) is 6.07 Å². The summed E-state index contributed by atoms with van der Waals surface area (Å²) in [5.41, 5.74) is -0.425. The van der Waals surface area contributed by atoms with Crippen molar-refractivity contribution in [2.45, 2.75) is 0 Å². The number of halogens is 1. The van der Waals surface area contributed by atoms with Crippen molar-refractivity contribution in [2.24, 2.45) is 0 Å². The molecule has 8 heteroatoms. The van der Waals surface area contributed by atoms with Gasteiger partial charge in [0, 0.05) is 17.2 Å². The summed E-state index contributed by atoms with van der Waals surface area (Å²) in [6.07, 6.45) is 0. The number of carbonyl (C=O) groups is 2. The van der Waals surface area contributed by atoms with Crippen LogP contribution in [0.5, 0.6) is 0 Å². The number of rotatable bonds is 5. The SMILES string of the molecule is N#CCOC(=O)c1ccccc1C(=O)c1ccc(Cl)c([N+](=O)[O-])c1. The summed E-state index contributed by atoms with van der Waals surface area (Å²) in [7, 11) is 0. The van der Waals surface area contributed by atoms with Gasteiger partial charge >= 0.3 is 5.97 Å². The molecule has 0 bridgehead atoms. The second kappa shape index (κ2) is 7.35. The van der Waals surface area contributed by atoms with Gasteiger partial charge in [0.2, 0.25) is 0 Å². The third-order valence-electron chi connectivity index (χ3n) is 3.06. The van der Waals surface area contributed by atoms with E-state index in [2.05, 4.69) is 0 Å². The molecule has 2 rings (SSSR count). The fraction of sp³-hybridized carbons (Fsp3) is 0.0625. The summed E-state index contributed by atoms with van der Waals surface area (Å²) in [4.78, 5) is 34.8. The quantitative estimate of drug-likeness (QED) is 0.356. The fourth-order valence-corrected chi connectivity index (χ4v) is 2.17. The molecule has 0 radical (unpaired) electrons. The van der Waals surface area contributed by atoms with Crippen molar-refractivity contribution < 1.29 is 19.2 Å². The topological polar surface area (TPSA) is 110 Å². The van der Waals surface area contributed by atoms with Gasteiger partial charge in [0.1, 0.15) is 11.1 Å². The van der Waals surface area contributed by atoms with Crippen molar-refractivity contribution in [1.82, 2.24) is 0 Å². The number of nitro groups is 1. The van der Waals surface area contributed by atoms with Gasteiger partial charge in [-0.3, -0.25) is 14.9 Å². The van der Waals surface area contributed by atoms with Crippen LogP contribution >= 0.6 is 11.6 Å². The van der Waals surface area contributed by atoms with E-state index in [0.717, 1.165) is 6.07 Å². The lowest BCUT2D eigenvalue weighted by Crippen LogP contribution is -2.13. The highest BCUT2D eigenvalue weighted by atomic mass is 35.5. The van der Waals surface area contributed by atoms with Gasteiger partial charge in [-0.15, -0.1) is 0 Å². The van der Waals surface area contributed by atoms with Gasteiger partial charge < -0.3 is 4.74 Å². The lowest BCUT2D eigenvalue weighted by molar-refractivity contribution is -0.384. The molecule has 0 atom stereocenters. The van der Waals surface area contributed by atoms with E-state index in [1.54, 1.807) is 12.1 Å². The van der Waals surface area contributed by atoms with E-state index in [1.807, 2.05) is 0 Å². The highest BCUT2D eigenvalue weighted by Crippen LogP contribution is 2.26. The van der Waals surface area contributed by atoms with Crippen LogP contribution < -0.4 is 0 Å². The molecule has 0 saturated carbocycles. The number of hydrogen-bond donors (Lipinski definition) is 0. The Labute approximate surface area is 141 Å². The van der Waals surface area contributed by atoms with Gasteiger partial charge in [-0.1, -0.05) is 29.8 Å². The molecule has 24 heavy (non-hydrogen) atoms.